The van der Waals surface area contributed by atoms with Crippen LogP contribution in [0.5, 0.6) is 5.75 Å². The number of nitrogens with zero attached hydrogens (tertiary/aromatic N) is 1. The van der Waals surface area contributed by atoms with E-state index >= 15 is 0 Å². The lowest BCUT2D eigenvalue weighted by molar-refractivity contribution is -0.0902. The summed E-state index contributed by atoms with van der Waals surface area (Å²) < 4.78 is 41.6. The number of ether oxygens (including phenoxy) is 2. The number of sulfonamides is 1. The van der Waals surface area contributed by atoms with E-state index in [1.807, 2.05) is 36.5 Å². The van der Waals surface area contributed by atoms with Crippen molar-refractivity contribution >= 4 is 27.7 Å². The van der Waals surface area contributed by atoms with Crippen molar-refractivity contribution in [1.82, 2.24) is 20.3 Å². The predicted octanol–water partition coefficient (Wildman–Crippen LogP) is 2.33. The first-order valence-corrected chi connectivity index (χ1v) is 19.3. The van der Waals surface area contributed by atoms with E-state index in [0.29, 0.717) is 29.8 Å². The number of halogens is 1. The second kappa shape index (κ2) is 18.1. The smallest absolute Gasteiger partial charge is 0.315 e. The maximum Gasteiger partial charge on any atom is 0.315 e. The van der Waals surface area contributed by atoms with E-state index in [9.17, 15) is 33.6 Å². The number of urea groups is 1. The van der Waals surface area contributed by atoms with Gasteiger partial charge in [-0.1, -0.05) is 36.2 Å². The zero-order chi connectivity index (χ0) is 37.3. The third-order valence-corrected chi connectivity index (χ3v) is 11.0. The quantitative estimate of drug-likeness (QED) is 0.0737. The fraction of sp³-hybridized carbons (Fsp3) is 0.500. The van der Waals surface area contributed by atoms with E-state index in [2.05, 4.69) is 20.3 Å². The Morgan fingerprint density at radius 2 is 1.71 bits per heavy atom. The number of pyridine rings is 1. The van der Waals surface area contributed by atoms with Crippen LogP contribution in [0.3, 0.4) is 0 Å². The summed E-state index contributed by atoms with van der Waals surface area (Å²) in [5, 5.41) is 52.9. The first-order valence-electron chi connectivity index (χ1n) is 17.4. The Labute approximate surface area is 308 Å². The van der Waals surface area contributed by atoms with Crippen molar-refractivity contribution in [2.24, 2.45) is 0 Å². The molecular formula is C36H47ClN4O10S. The normalized spacial score (nSPS) is 17.5. The lowest BCUT2D eigenvalue weighted by Gasteiger charge is -2.28. The van der Waals surface area contributed by atoms with E-state index in [1.165, 1.54) is 12.1 Å². The molecule has 5 rings (SSSR count). The largest absolute Gasteiger partial charge is 0.490 e. The van der Waals surface area contributed by atoms with Crippen LogP contribution in [0.25, 0.3) is 11.1 Å². The Hall–Kier alpha value is -3.38. The van der Waals surface area contributed by atoms with Crippen LogP contribution in [-0.2, 0) is 27.0 Å². The minimum atomic E-state index is -3.86. The summed E-state index contributed by atoms with van der Waals surface area (Å²) in [6.45, 7) is -1.05. The monoisotopic (exact) mass is 762 g/mol. The minimum absolute atomic E-state index is 0.0594. The van der Waals surface area contributed by atoms with Gasteiger partial charge in [0, 0.05) is 41.6 Å². The number of hydrogen-bond donors (Lipinski definition) is 8. The SMILES string of the molecule is O=C(NCCCCCNS(=O)(=O)c1ccc(Cl)c(COC2(c3cnccc3-c3ccccc3OC3CC3)CC2)c1)NC(CO)C(O)C(O)C(O)CO. The second-order valence-corrected chi connectivity index (χ2v) is 15.3. The van der Waals surface area contributed by atoms with Crippen LogP contribution >= 0.6 is 11.6 Å². The summed E-state index contributed by atoms with van der Waals surface area (Å²) >= 11 is 6.51. The van der Waals surface area contributed by atoms with Gasteiger partial charge < -0.3 is 45.6 Å². The standard InChI is InChI=1S/C36H47ClN4O10S/c37-29-11-10-25(52(48,49)40-16-5-1-4-15-39-35(47)41-30(20-42)33(45)34(46)31(44)21-43)18-23(29)22-50-36(13-14-36)28-19-38-17-12-26(28)27-6-2-3-7-32(27)51-24-8-9-24/h2-3,6-7,10-12,17-19,24,30-31,33-34,40,42-46H,1,4-5,8-9,13-16,20-22H2,(H2,39,41,47). The summed E-state index contributed by atoms with van der Waals surface area (Å²) in [7, 11) is -3.86. The highest BCUT2D eigenvalue weighted by Crippen LogP contribution is 2.53. The maximum absolute atomic E-state index is 13.1. The van der Waals surface area contributed by atoms with Crippen molar-refractivity contribution in [2.45, 2.75) is 92.5 Å². The summed E-state index contributed by atoms with van der Waals surface area (Å²) in [6.07, 6.45) is 3.91. The number of amides is 2. The molecule has 52 heavy (non-hydrogen) atoms. The Morgan fingerprint density at radius 1 is 0.962 bits per heavy atom. The molecule has 1 heterocycles. The van der Waals surface area contributed by atoms with Gasteiger partial charge in [0.15, 0.2) is 0 Å². The molecule has 2 aliphatic rings. The molecule has 0 bridgehead atoms. The van der Waals surface area contributed by atoms with Crippen LogP contribution in [-0.4, -0.2) is 102 Å². The molecule has 8 N–H and O–H groups in total. The third-order valence-electron chi connectivity index (χ3n) is 9.13. The van der Waals surface area contributed by atoms with Gasteiger partial charge in [0.25, 0.3) is 0 Å². The Kier molecular flexibility index (Phi) is 13.9. The van der Waals surface area contributed by atoms with E-state index in [1.54, 1.807) is 12.3 Å². The number of rotatable bonds is 21. The average Bonchev–Trinajstić information content (AvgIpc) is 4.10. The molecule has 0 saturated heterocycles. The molecule has 2 amide bonds. The van der Waals surface area contributed by atoms with Gasteiger partial charge in [-0.3, -0.25) is 4.98 Å². The number of hydrogen-bond acceptors (Lipinski definition) is 11. The van der Waals surface area contributed by atoms with Crippen LogP contribution in [0.2, 0.25) is 5.02 Å². The first kappa shape index (κ1) is 39.8. The first-order chi connectivity index (χ1) is 25.0. The molecule has 284 valence electrons. The lowest BCUT2D eigenvalue weighted by atomic mass is 9.96. The molecule has 0 radical (unpaired) electrons. The third kappa shape index (κ3) is 10.4. The van der Waals surface area contributed by atoms with Crippen LogP contribution in [0, 0.1) is 0 Å². The van der Waals surface area contributed by atoms with Crippen molar-refractivity contribution in [3.8, 4) is 16.9 Å². The van der Waals surface area contributed by atoms with Crippen LogP contribution in [0.4, 0.5) is 4.79 Å². The second-order valence-electron chi connectivity index (χ2n) is 13.1. The van der Waals surface area contributed by atoms with Gasteiger partial charge >= 0.3 is 6.03 Å². The fourth-order valence-corrected chi connectivity index (χ4v) is 7.05. The van der Waals surface area contributed by atoms with E-state index in [0.717, 1.165) is 48.1 Å². The Bertz CT molecular complexity index is 1760. The Morgan fingerprint density at radius 3 is 2.42 bits per heavy atom. The number of carbonyl (C=O) groups is 1. The van der Waals surface area contributed by atoms with Gasteiger partial charge in [-0.15, -0.1) is 0 Å². The zero-order valence-electron chi connectivity index (χ0n) is 28.7. The number of aromatic nitrogens is 1. The molecule has 2 saturated carbocycles. The van der Waals surface area contributed by atoms with E-state index in [4.69, 9.17) is 26.2 Å². The molecule has 14 nitrogen and oxygen atoms in total. The lowest BCUT2D eigenvalue weighted by Crippen LogP contribution is -2.56. The van der Waals surface area contributed by atoms with Gasteiger partial charge in [0.05, 0.1) is 42.5 Å². The molecule has 2 fully saturated rings. The van der Waals surface area contributed by atoms with Crippen LogP contribution in [0.1, 0.15) is 56.1 Å². The molecule has 4 atom stereocenters. The highest BCUT2D eigenvalue weighted by molar-refractivity contribution is 7.89. The molecule has 0 spiro atoms. The number of nitrogens with one attached hydrogen (secondary N) is 3. The van der Waals surface area contributed by atoms with Gasteiger partial charge in [0.1, 0.15) is 24.1 Å². The van der Waals surface area contributed by atoms with Gasteiger partial charge in [0.2, 0.25) is 10.0 Å². The minimum Gasteiger partial charge on any atom is -0.490 e. The van der Waals surface area contributed by atoms with Crippen LogP contribution < -0.4 is 20.1 Å². The maximum atomic E-state index is 13.1. The number of aliphatic hydroxyl groups is 5. The number of carbonyl (C=O) groups excluding carboxylic acids is 1. The van der Waals surface area contributed by atoms with Crippen molar-refractivity contribution in [2.75, 3.05) is 26.3 Å². The Balaban J connectivity index is 1.09. The molecule has 2 aromatic carbocycles. The van der Waals surface area contributed by atoms with Crippen molar-refractivity contribution in [3.63, 3.8) is 0 Å². The summed E-state index contributed by atoms with van der Waals surface area (Å²) in [4.78, 5) is 16.6. The highest BCUT2D eigenvalue weighted by atomic mass is 35.5. The van der Waals surface area contributed by atoms with Gasteiger partial charge in [-0.25, -0.2) is 17.9 Å². The van der Waals surface area contributed by atoms with Gasteiger partial charge in [-0.2, -0.15) is 0 Å². The zero-order valence-corrected chi connectivity index (χ0v) is 30.2. The molecular weight excluding hydrogens is 716 g/mol. The molecule has 0 aliphatic heterocycles. The topological polar surface area (TPSA) is 220 Å². The average molecular weight is 763 g/mol. The fourth-order valence-electron chi connectivity index (χ4n) is 5.75. The molecule has 16 heteroatoms. The number of unbranched alkanes of at least 4 members (excludes halogenated alkanes) is 2. The predicted molar refractivity (Wildman–Crippen MR) is 192 cm³/mol. The van der Waals surface area contributed by atoms with Crippen molar-refractivity contribution in [3.05, 3.63) is 77.1 Å². The summed E-state index contributed by atoms with van der Waals surface area (Å²) in [5.74, 6) is 0.825. The molecule has 2 aliphatic carbocycles. The summed E-state index contributed by atoms with van der Waals surface area (Å²) in [5.41, 5.74) is 2.86. The van der Waals surface area contributed by atoms with Crippen LogP contribution in [0.15, 0.2) is 65.8 Å². The van der Waals surface area contributed by atoms with E-state index in [-0.39, 0.29) is 30.7 Å². The number of aliphatic hydroxyl groups excluding tert-OH is 5. The highest BCUT2D eigenvalue weighted by Gasteiger charge is 2.48. The molecule has 3 aromatic rings. The van der Waals surface area contributed by atoms with Gasteiger partial charge in [-0.05, 0) is 80.0 Å². The number of benzene rings is 2. The van der Waals surface area contributed by atoms with Crippen molar-refractivity contribution < 1.29 is 48.2 Å². The number of para-hydroxylation sites is 1. The van der Waals surface area contributed by atoms with E-state index < -0.39 is 59.2 Å². The molecule has 1 aromatic heterocycles. The van der Waals surface area contributed by atoms with Crippen molar-refractivity contribution in [1.29, 1.82) is 0 Å². The summed E-state index contributed by atoms with van der Waals surface area (Å²) in [6, 6.07) is 12.4. The molecule has 4 unspecified atom stereocenters.